The maximum Gasteiger partial charge on any atom is 0.124 e. The van der Waals surface area contributed by atoms with Gasteiger partial charge in [0, 0.05) is 34.9 Å². The number of aromatic nitrogens is 2. The number of nitrogens with zero attached hydrogens (tertiary/aromatic N) is 1. The Morgan fingerprint density at radius 1 is 1.50 bits per heavy atom. The zero-order valence-electron chi connectivity index (χ0n) is 10.4. The summed E-state index contributed by atoms with van der Waals surface area (Å²) in [7, 11) is 1.65. The summed E-state index contributed by atoms with van der Waals surface area (Å²) in [5.74, 6) is 0.800. The molecular weight excluding hydrogens is 250 g/mol. The fourth-order valence-electron chi connectivity index (χ4n) is 1.77. The molecule has 0 saturated heterocycles. The van der Waals surface area contributed by atoms with Crippen molar-refractivity contribution in [1.82, 2.24) is 15.5 Å². The molecule has 0 bridgehead atoms. The molecule has 1 unspecified atom stereocenters. The van der Waals surface area contributed by atoms with Crippen molar-refractivity contribution in [2.24, 2.45) is 0 Å². The summed E-state index contributed by atoms with van der Waals surface area (Å²) in [5.41, 5.74) is 2.08. The molecule has 1 aromatic heterocycles. The van der Waals surface area contributed by atoms with E-state index >= 15 is 0 Å². The van der Waals surface area contributed by atoms with Crippen molar-refractivity contribution >= 4 is 11.6 Å². The predicted molar refractivity (Wildman–Crippen MR) is 71.8 cm³/mol. The molecule has 2 aromatic rings. The van der Waals surface area contributed by atoms with Crippen LogP contribution < -0.4 is 10.1 Å². The predicted octanol–water partition coefficient (Wildman–Crippen LogP) is 2.92. The van der Waals surface area contributed by atoms with Crippen LogP contribution in [0.2, 0.25) is 5.02 Å². The highest BCUT2D eigenvalue weighted by Crippen LogP contribution is 2.26. The highest BCUT2D eigenvalue weighted by molar-refractivity contribution is 6.31. The zero-order chi connectivity index (χ0) is 13.0. The van der Waals surface area contributed by atoms with Gasteiger partial charge in [0.05, 0.1) is 13.3 Å². The van der Waals surface area contributed by atoms with Gasteiger partial charge in [-0.05, 0) is 19.1 Å². The normalized spacial score (nSPS) is 12.4. The number of nitrogens with one attached hydrogen (secondary N) is 2. The Morgan fingerprint density at radius 3 is 3.00 bits per heavy atom. The van der Waals surface area contributed by atoms with Gasteiger partial charge in [-0.15, -0.1) is 0 Å². The van der Waals surface area contributed by atoms with Crippen molar-refractivity contribution in [3.8, 4) is 5.75 Å². The minimum absolute atomic E-state index is 0.199. The van der Waals surface area contributed by atoms with Gasteiger partial charge in [0.25, 0.3) is 0 Å². The van der Waals surface area contributed by atoms with Gasteiger partial charge in [0.2, 0.25) is 0 Å². The molecule has 2 N–H and O–H groups in total. The number of hydrogen-bond acceptors (Lipinski definition) is 3. The quantitative estimate of drug-likeness (QED) is 0.874. The highest BCUT2D eigenvalue weighted by atomic mass is 35.5. The summed E-state index contributed by atoms with van der Waals surface area (Å²) in [6.07, 6.45) is 3.68. The maximum atomic E-state index is 6.18. The molecule has 5 heteroatoms. The first-order valence-corrected chi connectivity index (χ1v) is 6.13. The number of H-pyrrole nitrogens is 1. The minimum atomic E-state index is 0.199. The topological polar surface area (TPSA) is 49.9 Å². The van der Waals surface area contributed by atoms with E-state index < -0.39 is 0 Å². The van der Waals surface area contributed by atoms with Gasteiger partial charge in [-0.3, -0.25) is 5.10 Å². The van der Waals surface area contributed by atoms with Gasteiger partial charge in [-0.2, -0.15) is 5.10 Å². The van der Waals surface area contributed by atoms with Crippen molar-refractivity contribution in [1.29, 1.82) is 0 Å². The number of hydrogen-bond donors (Lipinski definition) is 2. The summed E-state index contributed by atoms with van der Waals surface area (Å²) in [6, 6.07) is 5.85. The van der Waals surface area contributed by atoms with Crippen LogP contribution in [0.5, 0.6) is 5.75 Å². The Balaban J connectivity index is 2.06. The van der Waals surface area contributed by atoms with Gasteiger partial charge in [-0.1, -0.05) is 17.7 Å². The molecule has 0 aliphatic carbocycles. The summed E-state index contributed by atoms with van der Waals surface area (Å²) >= 11 is 6.18. The molecule has 18 heavy (non-hydrogen) atoms. The molecule has 0 radical (unpaired) electrons. The zero-order valence-corrected chi connectivity index (χ0v) is 11.2. The van der Waals surface area contributed by atoms with Crippen LogP contribution in [-0.4, -0.2) is 17.3 Å². The third-order valence-corrected chi connectivity index (χ3v) is 3.25. The average molecular weight is 266 g/mol. The van der Waals surface area contributed by atoms with Crippen LogP contribution in [0.25, 0.3) is 0 Å². The van der Waals surface area contributed by atoms with Gasteiger partial charge in [0.15, 0.2) is 0 Å². The smallest absolute Gasteiger partial charge is 0.124 e. The molecule has 1 aromatic carbocycles. The average Bonchev–Trinajstić information content (AvgIpc) is 2.90. The second kappa shape index (κ2) is 5.89. The van der Waals surface area contributed by atoms with Crippen LogP contribution in [-0.2, 0) is 6.54 Å². The first-order valence-electron chi connectivity index (χ1n) is 5.76. The number of methoxy groups -OCH3 is 1. The van der Waals surface area contributed by atoms with E-state index in [0.717, 1.165) is 16.9 Å². The van der Waals surface area contributed by atoms with E-state index in [-0.39, 0.29) is 6.04 Å². The molecule has 0 aliphatic heterocycles. The molecule has 96 valence electrons. The maximum absolute atomic E-state index is 6.18. The lowest BCUT2D eigenvalue weighted by Gasteiger charge is -2.15. The third-order valence-electron chi connectivity index (χ3n) is 2.90. The van der Waals surface area contributed by atoms with Crippen molar-refractivity contribution in [2.45, 2.75) is 19.5 Å². The van der Waals surface area contributed by atoms with Crippen molar-refractivity contribution in [3.05, 3.63) is 46.7 Å². The largest absolute Gasteiger partial charge is 0.496 e. The van der Waals surface area contributed by atoms with E-state index in [9.17, 15) is 0 Å². The Labute approximate surface area is 111 Å². The minimum Gasteiger partial charge on any atom is -0.496 e. The number of ether oxygens (including phenoxy) is 1. The molecule has 0 amide bonds. The van der Waals surface area contributed by atoms with Crippen LogP contribution in [0.4, 0.5) is 0 Å². The van der Waals surface area contributed by atoms with Gasteiger partial charge >= 0.3 is 0 Å². The molecule has 0 fully saturated rings. The monoisotopic (exact) mass is 265 g/mol. The Bertz CT molecular complexity index is 499. The van der Waals surface area contributed by atoms with Gasteiger partial charge in [0.1, 0.15) is 5.75 Å². The van der Waals surface area contributed by atoms with Gasteiger partial charge < -0.3 is 10.1 Å². The fraction of sp³-hybridized carbons (Fsp3) is 0.308. The third kappa shape index (κ3) is 2.83. The SMILES string of the molecule is COc1cccc(Cl)c1CNC(C)c1cn[nH]c1. The number of aromatic amines is 1. The van der Waals surface area contributed by atoms with E-state index in [2.05, 4.69) is 22.4 Å². The Kier molecular flexibility index (Phi) is 4.23. The first kappa shape index (κ1) is 12.9. The summed E-state index contributed by atoms with van der Waals surface area (Å²) in [6.45, 7) is 2.73. The lowest BCUT2D eigenvalue weighted by atomic mass is 10.1. The van der Waals surface area contributed by atoms with Crippen molar-refractivity contribution in [3.63, 3.8) is 0 Å². The van der Waals surface area contributed by atoms with Crippen LogP contribution >= 0.6 is 11.6 Å². The van der Waals surface area contributed by atoms with Crippen molar-refractivity contribution < 1.29 is 4.74 Å². The molecule has 1 heterocycles. The van der Waals surface area contributed by atoms with E-state index in [1.807, 2.05) is 30.6 Å². The Morgan fingerprint density at radius 2 is 2.33 bits per heavy atom. The molecule has 0 aliphatic rings. The molecule has 0 spiro atoms. The lowest BCUT2D eigenvalue weighted by Crippen LogP contribution is -2.18. The van der Waals surface area contributed by atoms with Crippen molar-refractivity contribution in [2.75, 3.05) is 7.11 Å². The fourth-order valence-corrected chi connectivity index (χ4v) is 2.01. The van der Waals surface area contributed by atoms with Crippen LogP contribution in [0.1, 0.15) is 24.1 Å². The van der Waals surface area contributed by atoms with E-state index in [1.54, 1.807) is 7.11 Å². The van der Waals surface area contributed by atoms with Gasteiger partial charge in [-0.25, -0.2) is 0 Å². The molecule has 4 nitrogen and oxygen atoms in total. The number of rotatable bonds is 5. The molecule has 2 rings (SSSR count). The lowest BCUT2D eigenvalue weighted by molar-refractivity contribution is 0.406. The first-order chi connectivity index (χ1) is 8.72. The number of benzene rings is 1. The molecule has 1 atom stereocenters. The molecular formula is C13H16ClN3O. The van der Waals surface area contributed by atoms with E-state index in [0.29, 0.717) is 11.6 Å². The van der Waals surface area contributed by atoms with E-state index in [4.69, 9.17) is 16.3 Å². The van der Waals surface area contributed by atoms with Crippen LogP contribution in [0, 0.1) is 0 Å². The van der Waals surface area contributed by atoms with Crippen LogP contribution in [0.3, 0.4) is 0 Å². The highest BCUT2D eigenvalue weighted by Gasteiger charge is 2.10. The second-order valence-electron chi connectivity index (χ2n) is 4.05. The Hall–Kier alpha value is -1.52. The van der Waals surface area contributed by atoms with Crippen LogP contribution in [0.15, 0.2) is 30.6 Å². The summed E-state index contributed by atoms with van der Waals surface area (Å²) in [5, 5.41) is 10.8. The second-order valence-corrected chi connectivity index (χ2v) is 4.46. The standard InChI is InChI=1S/C13H16ClN3O/c1-9(10-6-16-17-7-10)15-8-11-12(14)4-3-5-13(11)18-2/h3-7,9,15H,8H2,1-2H3,(H,16,17). The van der Waals surface area contributed by atoms with E-state index in [1.165, 1.54) is 0 Å². The number of halogens is 1. The molecule has 0 saturated carbocycles. The summed E-state index contributed by atoms with van der Waals surface area (Å²) in [4.78, 5) is 0. The summed E-state index contributed by atoms with van der Waals surface area (Å²) < 4.78 is 5.31.